The second-order valence-corrected chi connectivity index (χ2v) is 17.9. The van der Waals surface area contributed by atoms with Gasteiger partial charge < -0.3 is 15.5 Å². The van der Waals surface area contributed by atoms with Crippen LogP contribution < -0.4 is 20.3 Å². The molecule has 5 aromatic rings. The van der Waals surface area contributed by atoms with Crippen molar-refractivity contribution in [3.05, 3.63) is 148 Å². The van der Waals surface area contributed by atoms with E-state index < -0.39 is 37.5 Å². The molecule has 2 amide bonds. The highest BCUT2D eigenvalue weighted by atomic mass is 35.5. The molecular formula is C44H45ClN6O6S2. The van der Waals surface area contributed by atoms with E-state index >= 15 is 0 Å². The van der Waals surface area contributed by atoms with Crippen LogP contribution in [0, 0.1) is 10.1 Å². The molecule has 1 atom stereocenters. The fraction of sp³-hybridized carbons (Fsp3) is 0.273. The van der Waals surface area contributed by atoms with Gasteiger partial charge >= 0.3 is 0 Å². The summed E-state index contributed by atoms with van der Waals surface area (Å²) in [6, 6.07) is 35.6. The Morgan fingerprint density at radius 1 is 0.864 bits per heavy atom. The van der Waals surface area contributed by atoms with Crippen LogP contribution in [0.15, 0.2) is 131 Å². The summed E-state index contributed by atoms with van der Waals surface area (Å²) in [5.41, 5.74) is 4.13. The molecule has 0 bridgehead atoms. The zero-order chi connectivity index (χ0) is 41.4. The topological polar surface area (TPSA) is 154 Å². The molecule has 5 aromatic carbocycles. The van der Waals surface area contributed by atoms with Crippen LogP contribution in [0.25, 0.3) is 11.1 Å². The largest absolute Gasteiger partial charge is 0.375 e. The lowest BCUT2D eigenvalue weighted by atomic mass is 9.93. The minimum Gasteiger partial charge on any atom is -0.375 e. The number of nitro groups is 1. The van der Waals surface area contributed by atoms with Gasteiger partial charge in [-0.25, -0.2) is 13.1 Å². The van der Waals surface area contributed by atoms with Crippen LogP contribution in [0.5, 0.6) is 0 Å². The molecule has 1 saturated carbocycles. The number of nitro benzene ring substituents is 1. The lowest BCUT2D eigenvalue weighted by Gasteiger charge is -2.36. The van der Waals surface area contributed by atoms with Gasteiger partial charge in [0.1, 0.15) is 5.69 Å². The highest BCUT2D eigenvalue weighted by Crippen LogP contribution is 2.31. The van der Waals surface area contributed by atoms with Crippen LogP contribution in [-0.4, -0.2) is 74.1 Å². The van der Waals surface area contributed by atoms with Crippen LogP contribution >= 0.6 is 23.4 Å². The van der Waals surface area contributed by atoms with Gasteiger partial charge in [-0.1, -0.05) is 66.2 Å². The molecule has 7 rings (SSSR count). The zero-order valence-electron chi connectivity index (χ0n) is 32.3. The average Bonchev–Trinajstić information content (AvgIpc) is 3.22. The number of benzene rings is 5. The number of carbonyl (C=O) groups excluding carboxylic acids is 2. The lowest BCUT2D eigenvalue weighted by Crippen LogP contribution is -2.46. The molecule has 15 heteroatoms. The lowest BCUT2D eigenvalue weighted by molar-refractivity contribution is -0.384. The SMILES string of the molecule is O=C(C[C@H](CSc1ccccc1)Nc1ccc(S(=O)(=O)NC(=O)c2ccc(N3CCN(Cc4ccccc4-c4ccc(Cl)cc4)CC3)cc2)cc1[N+](=O)[O-])NC1CCC1. The summed E-state index contributed by atoms with van der Waals surface area (Å²) in [5.74, 6) is -0.601. The first-order valence-electron chi connectivity index (χ1n) is 19.5. The molecular weight excluding hydrogens is 808 g/mol. The van der Waals surface area contributed by atoms with Crippen molar-refractivity contribution in [1.82, 2.24) is 14.9 Å². The van der Waals surface area contributed by atoms with Crippen LogP contribution in [0.2, 0.25) is 5.02 Å². The number of carbonyl (C=O) groups is 2. The van der Waals surface area contributed by atoms with Crippen molar-refractivity contribution in [2.75, 3.05) is 42.1 Å². The smallest absolute Gasteiger partial charge is 0.293 e. The Morgan fingerprint density at radius 3 is 2.24 bits per heavy atom. The van der Waals surface area contributed by atoms with Crippen molar-refractivity contribution in [2.24, 2.45) is 0 Å². The fourth-order valence-corrected chi connectivity index (χ4v) is 9.20. The molecule has 1 heterocycles. The maximum absolute atomic E-state index is 13.4. The van der Waals surface area contributed by atoms with Gasteiger partial charge in [-0.3, -0.25) is 24.6 Å². The van der Waals surface area contributed by atoms with Crippen LogP contribution in [-0.2, 0) is 21.4 Å². The number of nitrogens with zero attached hydrogens (tertiary/aromatic N) is 3. The summed E-state index contributed by atoms with van der Waals surface area (Å²) in [4.78, 5) is 42.8. The molecule has 59 heavy (non-hydrogen) atoms. The van der Waals surface area contributed by atoms with E-state index in [2.05, 4.69) is 43.4 Å². The van der Waals surface area contributed by atoms with E-state index in [9.17, 15) is 28.1 Å². The second-order valence-electron chi connectivity index (χ2n) is 14.7. The zero-order valence-corrected chi connectivity index (χ0v) is 34.6. The maximum atomic E-state index is 13.4. The number of hydrogen-bond acceptors (Lipinski definition) is 10. The summed E-state index contributed by atoms with van der Waals surface area (Å²) in [7, 11) is -4.49. The Labute approximate surface area is 353 Å². The van der Waals surface area contributed by atoms with Gasteiger partial charge in [0, 0.05) is 84.2 Å². The molecule has 0 radical (unpaired) electrons. The number of piperazine rings is 1. The van der Waals surface area contributed by atoms with E-state index in [-0.39, 0.29) is 29.6 Å². The fourth-order valence-electron chi connectivity index (χ4n) is 7.14. The molecule has 0 spiro atoms. The Balaban J connectivity index is 0.962. The highest BCUT2D eigenvalue weighted by molar-refractivity contribution is 7.99. The number of thioether (sulfide) groups is 1. The van der Waals surface area contributed by atoms with Crippen LogP contribution in [0.1, 0.15) is 41.6 Å². The van der Waals surface area contributed by atoms with Crippen molar-refractivity contribution in [2.45, 2.75) is 54.1 Å². The number of nitrogens with one attached hydrogen (secondary N) is 3. The van der Waals surface area contributed by atoms with Crippen molar-refractivity contribution in [3.63, 3.8) is 0 Å². The van der Waals surface area contributed by atoms with Gasteiger partial charge in [0.05, 0.1) is 9.82 Å². The van der Waals surface area contributed by atoms with E-state index in [1.54, 1.807) is 24.3 Å². The molecule has 0 aromatic heterocycles. The van der Waals surface area contributed by atoms with Gasteiger partial charge in [0.15, 0.2) is 0 Å². The Kier molecular flexibility index (Phi) is 13.5. The van der Waals surface area contributed by atoms with Gasteiger partial charge in [0.2, 0.25) is 5.91 Å². The molecule has 2 aliphatic rings. The number of rotatable bonds is 16. The predicted octanol–water partition coefficient (Wildman–Crippen LogP) is 7.99. The van der Waals surface area contributed by atoms with E-state index in [4.69, 9.17) is 11.6 Å². The second kappa shape index (κ2) is 19.1. The first-order valence-corrected chi connectivity index (χ1v) is 22.4. The minimum absolute atomic E-state index is 0.0644. The third-order valence-electron chi connectivity index (χ3n) is 10.6. The molecule has 1 saturated heterocycles. The molecule has 2 fully saturated rings. The molecule has 12 nitrogen and oxygen atoms in total. The number of sulfonamides is 1. The standard InChI is InChI=1S/C44H45ClN6O6S2/c45-34-17-13-31(14-18-34)40-12-5-4-7-33(40)29-49-23-25-50(26-24-49)37-19-15-32(16-20-37)44(53)48-59(56,57)39-21-22-41(42(28-39)51(54)55)46-36(27-43(52)47-35-8-6-9-35)30-58-38-10-2-1-3-11-38/h1-5,7,10-22,28,35-36,46H,6,8-9,23-27,29-30H2,(H,47,52)(H,48,53)/t36-/m1/s1. The number of anilines is 2. The normalized spacial score (nSPS) is 15.2. The molecule has 3 N–H and O–H groups in total. The summed E-state index contributed by atoms with van der Waals surface area (Å²) < 4.78 is 28.9. The number of halogens is 1. The van der Waals surface area contributed by atoms with Crippen molar-refractivity contribution in [3.8, 4) is 11.1 Å². The summed E-state index contributed by atoms with van der Waals surface area (Å²) in [6.45, 7) is 4.01. The Hall–Kier alpha value is -5.41. The van der Waals surface area contributed by atoms with Gasteiger partial charge in [-0.2, -0.15) is 0 Å². The third-order valence-corrected chi connectivity index (χ3v) is 13.3. The third kappa shape index (κ3) is 11.0. The first kappa shape index (κ1) is 41.7. The number of amides is 2. The molecule has 0 unspecified atom stereocenters. The predicted molar refractivity (Wildman–Crippen MR) is 234 cm³/mol. The van der Waals surface area contributed by atoms with Crippen molar-refractivity contribution in [1.29, 1.82) is 0 Å². The average molecular weight is 853 g/mol. The van der Waals surface area contributed by atoms with Gasteiger partial charge in [-0.15, -0.1) is 11.8 Å². The van der Waals surface area contributed by atoms with Gasteiger partial charge in [-0.05, 0) is 96.6 Å². The summed E-state index contributed by atoms with van der Waals surface area (Å²) in [5, 5.41) is 19.1. The van der Waals surface area contributed by atoms with Gasteiger partial charge in [0.25, 0.3) is 21.6 Å². The summed E-state index contributed by atoms with van der Waals surface area (Å²) >= 11 is 7.62. The monoisotopic (exact) mass is 852 g/mol. The quantitative estimate of drug-likeness (QED) is 0.0506. The van der Waals surface area contributed by atoms with Crippen LogP contribution in [0.3, 0.4) is 0 Å². The Morgan fingerprint density at radius 2 is 1.56 bits per heavy atom. The van der Waals surface area contributed by atoms with E-state index in [0.29, 0.717) is 10.8 Å². The number of hydrogen-bond donors (Lipinski definition) is 3. The van der Waals surface area contributed by atoms with Crippen molar-refractivity contribution >= 4 is 62.3 Å². The van der Waals surface area contributed by atoms with E-state index in [0.717, 1.165) is 74.2 Å². The van der Waals surface area contributed by atoms with Crippen molar-refractivity contribution < 1.29 is 22.9 Å². The minimum atomic E-state index is -4.49. The Bertz CT molecular complexity index is 2370. The van der Waals surface area contributed by atoms with E-state index in [1.807, 2.05) is 60.7 Å². The van der Waals surface area contributed by atoms with Crippen LogP contribution in [0.4, 0.5) is 17.1 Å². The highest BCUT2D eigenvalue weighted by Gasteiger charge is 2.27. The first-order chi connectivity index (χ1) is 28.5. The summed E-state index contributed by atoms with van der Waals surface area (Å²) in [6.07, 6.45) is 2.98. The molecule has 1 aliphatic carbocycles. The molecule has 306 valence electrons. The van der Waals surface area contributed by atoms with E-state index in [1.165, 1.54) is 35.0 Å². The molecule has 1 aliphatic heterocycles. The maximum Gasteiger partial charge on any atom is 0.293 e.